The molecule has 0 aliphatic carbocycles. The van der Waals surface area contributed by atoms with Gasteiger partial charge in [0.05, 0.1) is 23.5 Å². The first kappa shape index (κ1) is 14.8. The molecule has 0 atom stereocenters. The van der Waals surface area contributed by atoms with Gasteiger partial charge in [0.1, 0.15) is 5.82 Å². The summed E-state index contributed by atoms with van der Waals surface area (Å²) in [6.45, 7) is 2.53. The van der Waals surface area contributed by atoms with Crippen molar-refractivity contribution in [3.63, 3.8) is 0 Å². The third-order valence-electron chi connectivity index (χ3n) is 4.39. The SMILES string of the molecule is Cc1nc(CO)cc2c3ccccc3n(Cc3ccc(F)cc3)c12. The van der Waals surface area contributed by atoms with E-state index in [0.717, 1.165) is 33.1 Å². The molecule has 0 bridgehead atoms. The summed E-state index contributed by atoms with van der Waals surface area (Å²) in [5, 5.41) is 11.7. The largest absolute Gasteiger partial charge is 0.390 e. The van der Waals surface area contributed by atoms with Crippen molar-refractivity contribution in [3.8, 4) is 0 Å². The molecule has 4 heteroatoms. The van der Waals surface area contributed by atoms with E-state index in [9.17, 15) is 9.50 Å². The van der Waals surface area contributed by atoms with Crippen molar-refractivity contribution < 1.29 is 9.50 Å². The van der Waals surface area contributed by atoms with Gasteiger partial charge in [-0.25, -0.2) is 4.39 Å². The number of fused-ring (bicyclic) bond motifs is 3. The summed E-state index contributed by atoms with van der Waals surface area (Å²) < 4.78 is 15.4. The highest BCUT2D eigenvalue weighted by Crippen LogP contribution is 2.31. The van der Waals surface area contributed by atoms with Crippen LogP contribution in [0.5, 0.6) is 0 Å². The summed E-state index contributed by atoms with van der Waals surface area (Å²) in [5.41, 5.74) is 4.75. The highest BCUT2D eigenvalue weighted by Gasteiger charge is 2.14. The molecule has 0 amide bonds. The van der Waals surface area contributed by atoms with Crippen molar-refractivity contribution >= 4 is 21.8 Å². The van der Waals surface area contributed by atoms with Gasteiger partial charge >= 0.3 is 0 Å². The Labute approximate surface area is 139 Å². The van der Waals surface area contributed by atoms with Gasteiger partial charge in [-0.2, -0.15) is 0 Å². The van der Waals surface area contributed by atoms with E-state index in [1.54, 1.807) is 12.1 Å². The molecule has 3 nitrogen and oxygen atoms in total. The molecule has 0 saturated heterocycles. The fourth-order valence-electron chi connectivity index (χ4n) is 3.35. The Morgan fingerprint density at radius 1 is 1.04 bits per heavy atom. The van der Waals surface area contributed by atoms with E-state index in [1.165, 1.54) is 12.1 Å². The van der Waals surface area contributed by atoms with E-state index in [4.69, 9.17) is 0 Å². The summed E-state index contributed by atoms with van der Waals surface area (Å²) in [6.07, 6.45) is 0. The Bertz CT molecular complexity index is 1040. The van der Waals surface area contributed by atoms with Crippen LogP contribution in [0.25, 0.3) is 21.8 Å². The molecule has 0 aliphatic heterocycles. The fraction of sp³-hybridized carbons (Fsp3) is 0.150. The number of halogens is 1. The quantitative estimate of drug-likeness (QED) is 0.615. The van der Waals surface area contributed by atoms with Crippen LogP contribution < -0.4 is 0 Å². The first-order valence-electron chi connectivity index (χ1n) is 7.90. The smallest absolute Gasteiger partial charge is 0.123 e. The molecule has 24 heavy (non-hydrogen) atoms. The topological polar surface area (TPSA) is 38.1 Å². The number of pyridine rings is 1. The van der Waals surface area contributed by atoms with Crippen molar-refractivity contribution in [2.45, 2.75) is 20.1 Å². The van der Waals surface area contributed by atoms with Crippen molar-refractivity contribution in [3.05, 3.63) is 77.4 Å². The van der Waals surface area contributed by atoms with Crippen molar-refractivity contribution in [2.75, 3.05) is 0 Å². The highest BCUT2D eigenvalue weighted by molar-refractivity contribution is 6.08. The standard InChI is InChI=1S/C20H17FN2O/c1-13-20-18(10-16(12-24)22-13)17-4-2-3-5-19(17)23(20)11-14-6-8-15(21)9-7-14/h2-10,24H,11-12H2,1H3. The summed E-state index contributed by atoms with van der Waals surface area (Å²) in [5.74, 6) is -0.230. The minimum atomic E-state index is -0.230. The second-order valence-corrected chi connectivity index (χ2v) is 5.98. The molecule has 2 aromatic heterocycles. The van der Waals surface area contributed by atoms with E-state index >= 15 is 0 Å². The van der Waals surface area contributed by atoms with Gasteiger partial charge in [0, 0.05) is 22.8 Å². The number of aryl methyl sites for hydroxylation is 1. The molecule has 120 valence electrons. The Morgan fingerprint density at radius 2 is 1.79 bits per heavy atom. The maximum Gasteiger partial charge on any atom is 0.123 e. The molecule has 0 radical (unpaired) electrons. The average molecular weight is 320 g/mol. The van der Waals surface area contributed by atoms with Crippen LogP contribution in [0.15, 0.2) is 54.6 Å². The number of rotatable bonds is 3. The third-order valence-corrected chi connectivity index (χ3v) is 4.39. The van der Waals surface area contributed by atoms with Crippen LogP contribution in [-0.2, 0) is 13.2 Å². The van der Waals surface area contributed by atoms with E-state index in [-0.39, 0.29) is 12.4 Å². The first-order chi connectivity index (χ1) is 11.7. The van der Waals surface area contributed by atoms with E-state index in [0.29, 0.717) is 12.2 Å². The summed E-state index contributed by atoms with van der Waals surface area (Å²) >= 11 is 0. The van der Waals surface area contributed by atoms with Gasteiger partial charge < -0.3 is 9.67 Å². The summed E-state index contributed by atoms with van der Waals surface area (Å²) in [4.78, 5) is 4.50. The second-order valence-electron chi connectivity index (χ2n) is 5.98. The molecule has 2 aromatic carbocycles. The second kappa shape index (κ2) is 5.73. The minimum Gasteiger partial charge on any atom is -0.390 e. The molecule has 0 aliphatic rings. The van der Waals surface area contributed by atoms with Gasteiger partial charge in [-0.05, 0) is 36.8 Å². The van der Waals surface area contributed by atoms with Crippen LogP contribution in [0.2, 0.25) is 0 Å². The number of nitrogens with zero attached hydrogens (tertiary/aromatic N) is 2. The van der Waals surface area contributed by atoms with Gasteiger partial charge in [-0.15, -0.1) is 0 Å². The predicted molar refractivity (Wildman–Crippen MR) is 93.4 cm³/mol. The monoisotopic (exact) mass is 320 g/mol. The Hall–Kier alpha value is -2.72. The number of aromatic nitrogens is 2. The lowest BCUT2D eigenvalue weighted by Gasteiger charge is -2.10. The van der Waals surface area contributed by atoms with Crippen molar-refractivity contribution in [1.29, 1.82) is 0 Å². The molecule has 1 N–H and O–H groups in total. The van der Waals surface area contributed by atoms with Gasteiger partial charge in [-0.3, -0.25) is 4.98 Å². The van der Waals surface area contributed by atoms with E-state index < -0.39 is 0 Å². The molecular weight excluding hydrogens is 303 g/mol. The van der Waals surface area contributed by atoms with Crippen molar-refractivity contribution in [2.24, 2.45) is 0 Å². The van der Waals surface area contributed by atoms with Crippen LogP contribution in [-0.4, -0.2) is 14.7 Å². The maximum atomic E-state index is 13.2. The molecule has 2 heterocycles. The van der Waals surface area contributed by atoms with Crippen molar-refractivity contribution in [1.82, 2.24) is 9.55 Å². The Kier molecular flexibility index (Phi) is 3.54. The lowest BCUT2D eigenvalue weighted by molar-refractivity contribution is 0.277. The molecule has 0 unspecified atom stereocenters. The van der Waals surface area contributed by atoms with Crippen LogP contribution in [0.4, 0.5) is 4.39 Å². The number of hydrogen-bond acceptors (Lipinski definition) is 2. The van der Waals surface area contributed by atoms with Gasteiger partial charge in [0.25, 0.3) is 0 Å². The maximum absolute atomic E-state index is 13.2. The average Bonchev–Trinajstić information content (AvgIpc) is 2.91. The van der Waals surface area contributed by atoms with Gasteiger partial charge in [-0.1, -0.05) is 30.3 Å². The van der Waals surface area contributed by atoms with Gasteiger partial charge in [0.15, 0.2) is 0 Å². The van der Waals surface area contributed by atoms with E-state index in [2.05, 4.69) is 21.7 Å². The van der Waals surface area contributed by atoms with E-state index in [1.807, 2.05) is 25.1 Å². The molecule has 4 aromatic rings. The number of hydrogen-bond donors (Lipinski definition) is 1. The fourth-order valence-corrected chi connectivity index (χ4v) is 3.35. The zero-order valence-electron chi connectivity index (χ0n) is 13.3. The van der Waals surface area contributed by atoms with Crippen LogP contribution in [0.3, 0.4) is 0 Å². The predicted octanol–water partition coefficient (Wildman–Crippen LogP) is 4.18. The van der Waals surface area contributed by atoms with Crippen LogP contribution in [0.1, 0.15) is 17.0 Å². The third kappa shape index (κ3) is 2.36. The zero-order chi connectivity index (χ0) is 16.7. The highest BCUT2D eigenvalue weighted by atomic mass is 19.1. The Morgan fingerprint density at radius 3 is 2.54 bits per heavy atom. The molecule has 0 spiro atoms. The summed E-state index contributed by atoms with van der Waals surface area (Å²) in [6, 6.07) is 16.7. The number of benzene rings is 2. The zero-order valence-corrected chi connectivity index (χ0v) is 13.3. The molecule has 0 saturated carbocycles. The van der Waals surface area contributed by atoms with Crippen LogP contribution >= 0.6 is 0 Å². The van der Waals surface area contributed by atoms with Gasteiger partial charge in [0.2, 0.25) is 0 Å². The number of para-hydroxylation sites is 1. The summed E-state index contributed by atoms with van der Waals surface area (Å²) in [7, 11) is 0. The number of aliphatic hydroxyl groups is 1. The minimum absolute atomic E-state index is 0.0751. The Balaban J connectivity index is 2.00. The molecule has 0 fully saturated rings. The van der Waals surface area contributed by atoms with Crippen LogP contribution in [0, 0.1) is 12.7 Å². The molecule has 4 rings (SSSR count). The lowest BCUT2D eigenvalue weighted by atomic mass is 10.1. The normalized spacial score (nSPS) is 11.5. The first-order valence-corrected chi connectivity index (χ1v) is 7.90. The number of aliphatic hydroxyl groups excluding tert-OH is 1. The molecular formula is C20H17FN2O. The lowest BCUT2D eigenvalue weighted by Crippen LogP contribution is -2.02.